The lowest BCUT2D eigenvalue weighted by atomic mass is 10.1. The van der Waals surface area contributed by atoms with E-state index in [4.69, 9.17) is 4.74 Å². The largest absolute Gasteiger partial charge is 0.473 e. The Hall–Kier alpha value is -3.04. The first-order chi connectivity index (χ1) is 15.8. The Kier molecular flexibility index (Phi) is 8.35. The third-order valence-corrected chi connectivity index (χ3v) is 5.80. The summed E-state index contributed by atoms with van der Waals surface area (Å²) in [5.74, 6) is 0.910. The van der Waals surface area contributed by atoms with Gasteiger partial charge in [-0.1, -0.05) is 53.5 Å². The molecule has 2 aromatic carbocycles. The minimum Gasteiger partial charge on any atom is -0.473 e. The number of aliphatic hydroxyl groups is 1. The van der Waals surface area contributed by atoms with Gasteiger partial charge in [0.15, 0.2) is 6.73 Å². The van der Waals surface area contributed by atoms with Crippen molar-refractivity contribution in [3.8, 4) is 5.75 Å². The average Bonchev–Trinajstić information content (AvgIpc) is 2.81. The molecule has 1 aromatic heterocycles. The molecule has 0 spiro atoms. The SMILES string of the molecule is CCCC(O)c1cccc(OCNc2c(NCc3cccc(Br)c3)c(=O)n(C)c(=O)n2C)c1. The normalized spacial score (nSPS) is 11.8. The van der Waals surface area contributed by atoms with Crippen LogP contribution in [0.15, 0.2) is 62.6 Å². The molecule has 0 aliphatic heterocycles. The Morgan fingerprint density at radius 1 is 1.06 bits per heavy atom. The molecule has 0 fully saturated rings. The molecular formula is C24H29BrN4O4. The van der Waals surface area contributed by atoms with Gasteiger partial charge in [-0.3, -0.25) is 13.9 Å². The number of hydrogen-bond acceptors (Lipinski definition) is 6. The molecule has 3 aromatic rings. The summed E-state index contributed by atoms with van der Waals surface area (Å²) in [5, 5.41) is 16.4. The van der Waals surface area contributed by atoms with Crippen molar-refractivity contribution in [1.82, 2.24) is 9.13 Å². The van der Waals surface area contributed by atoms with E-state index in [-0.39, 0.29) is 12.4 Å². The quantitative estimate of drug-likeness (QED) is 0.355. The Morgan fingerprint density at radius 2 is 1.82 bits per heavy atom. The first kappa shape index (κ1) is 24.6. The lowest BCUT2D eigenvalue weighted by Crippen LogP contribution is -2.40. The zero-order valence-electron chi connectivity index (χ0n) is 19.0. The zero-order chi connectivity index (χ0) is 24.0. The van der Waals surface area contributed by atoms with Gasteiger partial charge in [0.05, 0.1) is 6.10 Å². The van der Waals surface area contributed by atoms with E-state index in [2.05, 4.69) is 26.6 Å². The molecule has 0 amide bonds. The summed E-state index contributed by atoms with van der Waals surface area (Å²) >= 11 is 3.45. The summed E-state index contributed by atoms with van der Waals surface area (Å²) in [6, 6.07) is 15.0. The molecule has 8 nitrogen and oxygen atoms in total. The number of nitrogens with zero attached hydrogens (tertiary/aromatic N) is 2. The second-order valence-electron chi connectivity index (χ2n) is 7.76. The maximum atomic E-state index is 12.8. The van der Waals surface area contributed by atoms with E-state index < -0.39 is 17.4 Å². The topological polar surface area (TPSA) is 97.5 Å². The fourth-order valence-electron chi connectivity index (χ4n) is 3.49. The van der Waals surface area contributed by atoms with Crippen LogP contribution in [0.2, 0.25) is 0 Å². The van der Waals surface area contributed by atoms with Crippen LogP contribution in [-0.4, -0.2) is 21.0 Å². The highest BCUT2D eigenvalue weighted by Gasteiger charge is 2.16. The Bertz CT molecular complexity index is 1220. The molecule has 0 aliphatic carbocycles. The van der Waals surface area contributed by atoms with Gasteiger partial charge in [0.1, 0.15) is 17.3 Å². The highest BCUT2D eigenvalue weighted by molar-refractivity contribution is 9.10. The second-order valence-corrected chi connectivity index (χ2v) is 8.67. The smallest absolute Gasteiger partial charge is 0.332 e. The number of nitrogens with one attached hydrogen (secondary N) is 2. The van der Waals surface area contributed by atoms with Crippen LogP contribution in [0.1, 0.15) is 37.0 Å². The van der Waals surface area contributed by atoms with Gasteiger partial charge in [-0.2, -0.15) is 0 Å². The molecule has 0 aliphatic rings. The number of aromatic nitrogens is 2. The van der Waals surface area contributed by atoms with Crippen molar-refractivity contribution in [2.75, 3.05) is 17.4 Å². The number of rotatable bonds is 10. The number of hydrogen-bond donors (Lipinski definition) is 3. The molecule has 176 valence electrons. The standard InChI is InChI=1S/C24H29BrN4O4/c1-4-7-20(30)17-9-6-11-19(13-17)33-15-27-22-21(23(31)29(3)24(32)28(22)2)26-14-16-8-5-10-18(25)12-16/h5-6,8-13,20,26-27,30H,4,7,14-15H2,1-3H3. The van der Waals surface area contributed by atoms with Gasteiger partial charge in [0.2, 0.25) is 0 Å². The van der Waals surface area contributed by atoms with E-state index in [9.17, 15) is 14.7 Å². The number of ether oxygens (including phenoxy) is 1. The average molecular weight is 517 g/mol. The Labute approximate surface area is 201 Å². The molecule has 0 bridgehead atoms. The predicted octanol–water partition coefficient (Wildman–Crippen LogP) is 3.74. The molecule has 1 unspecified atom stereocenters. The molecular weight excluding hydrogens is 488 g/mol. The van der Waals surface area contributed by atoms with Crippen LogP contribution >= 0.6 is 15.9 Å². The molecule has 0 radical (unpaired) electrons. The van der Waals surface area contributed by atoms with E-state index in [1.54, 1.807) is 19.2 Å². The van der Waals surface area contributed by atoms with Crippen molar-refractivity contribution < 1.29 is 9.84 Å². The van der Waals surface area contributed by atoms with Gasteiger partial charge in [0.25, 0.3) is 5.56 Å². The number of anilines is 2. The minimum absolute atomic E-state index is 0.0271. The van der Waals surface area contributed by atoms with E-state index in [0.29, 0.717) is 24.5 Å². The van der Waals surface area contributed by atoms with Gasteiger partial charge < -0.3 is 20.5 Å². The van der Waals surface area contributed by atoms with Gasteiger partial charge in [-0.15, -0.1) is 0 Å². The van der Waals surface area contributed by atoms with Crippen molar-refractivity contribution in [2.45, 2.75) is 32.4 Å². The second kappa shape index (κ2) is 11.2. The zero-order valence-corrected chi connectivity index (χ0v) is 20.6. The summed E-state index contributed by atoms with van der Waals surface area (Å²) in [6.45, 7) is 2.45. The van der Waals surface area contributed by atoms with Crippen LogP contribution < -0.4 is 26.6 Å². The molecule has 0 saturated heterocycles. The summed E-state index contributed by atoms with van der Waals surface area (Å²) in [7, 11) is 3.04. The number of benzene rings is 2. The lowest BCUT2D eigenvalue weighted by molar-refractivity contribution is 0.166. The fraction of sp³-hybridized carbons (Fsp3) is 0.333. The summed E-state index contributed by atoms with van der Waals surface area (Å²) < 4.78 is 9.17. The van der Waals surface area contributed by atoms with Crippen LogP contribution in [0.3, 0.4) is 0 Å². The van der Waals surface area contributed by atoms with Crippen molar-refractivity contribution in [3.05, 3.63) is 85.0 Å². The van der Waals surface area contributed by atoms with Crippen LogP contribution in [0.5, 0.6) is 5.75 Å². The summed E-state index contributed by atoms with van der Waals surface area (Å²) in [4.78, 5) is 25.3. The van der Waals surface area contributed by atoms with Crippen LogP contribution in [0, 0.1) is 0 Å². The Balaban J connectivity index is 1.79. The number of halogens is 1. The van der Waals surface area contributed by atoms with Crippen LogP contribution in [-0.2, 0) is 20.6 Å². The third-order valence-electron chi connectivity index (χ3n) is 5.31. The number of aliphatic hydroxyl groups excluding tert-OH is 1. The molecule has 0 saturated carbocycles. The van der Waals surface area contributed by atoms with Crippen molar-refractivity contribution in [1.29, 1.82) is 0 Å². The van der Waals surface area contributed by atoms with E-state index >= 15 is 0 Å². The molecule has 3 N–H and O–H groups in total. The highest BCUT2D eigenvalue weighted by Crippen LogP contribution is 2.23. The summed E-state index contributed by atoms with van der Waals surface area (Å²) in [5.41, 5.74) is 1.16. The first-order valence-electron chi connectivity index (χ1n) is 10.7. The predicted molar refractivity (Wildman–Crippen MR) is 134 cm³/mol. The molecule has 33 heavy (non-hydrogen) atoms. The fourth-order valence-corrected chi connectivity index (χ4v) is 3.93. The lowest BCUT2D eigenvalue weighted by Gasteiger charge is -2.18. The van der Waals surface area contributed by atoms with E-state index in [1.807, 2.05) is 43.3 Å². The first-order valence-corrected chi connectivity index (χ1v) is 11.5. The van der Waals surface area contributed by atoms with E-state index in [1.165, 1.54) is 11.6 Å². The van der Waals surface area contributed by atoms with Crippen molar-refractivity contribution in [2.24, 2.45) is 14.1 Å². The summed E-state index contributed by atoms with van der Waals surface area (Å²) in [6.07, 6.45) is 1.00. The maximum Gasteiger partial charge on any atom is 0.332 e. The molecule has 3 rings (SSSR count). The Morgan fingerprint density at radius 3 is 2.55 bits per heavy atom. The minimum atomic E-state index is -0.543. The van der Waals surface area contributed by atoms with Gasteiger partial charge in [0, 0.05) is 25.1 Å². The van der Waals surface area contributed by atoms with Crippen LogP contribution in [0.25, 0.3) is 0 Å². The van der Waals surface area contributed by atoms with Crippen LogP contribution in [0.4, 0.5) is 11.5 Å². The van der Waals surface area contributed by atoms with Crippen molar-refractivity contribution in [3.63, 3.8) is 0 Å². The van der Waals surface area contributed by atoms with E-state index in [0.717, 1.165) is 26.6 Å². The molecule has 9 heteroatoms. The molecule has 1 atom stereocenters. The highest BCUT2D eigenvalue weighted by atomic mass is 79.9. The maximum absolute atomic E-state index is 12.8. The van der Waals surface area contributed by atoms with Gasteiger partial charge in [-0.05, 0) is 41.8 Å². The monoisotopic (exact) mass is 516 g/mol. The van der Waals surface area contributed by atoms with Crippen molar-refractivity contribution >= 4 is 27.4 Å². The van der Waals surface area contributed by atoms with Gasteiger partial charge in [-0.25, -0.2) is 4.79 Å². The van der Waals surface area contributed by atoms with Gasteiger partial charge >= 0.3 is 5.69 Å². The molecule has 1 heterocycles. The third kappa shape index (κ3) is 6.06.